The van der Waals surface area contributed by atoms with Crippen LogP contribution >= 0.6 is 11.3 Å². The number of nitrogens with one attached hydrogen (secondary N) is 1. The molecule has 0 atom stereocenters. The lowest BCUT2D eigenvalue weighted by atomic mass is 10.1. The lowest BCUT2D eigenvalue weighted by Gasteiger charge is -1.96. The highest BCUT2D eigenvalue weighted by Crippen LogP contribution is 2.12. The van der Waals surface area contributed by atoms with Crippen molar-refractivity contribution < 1.29 is 4.79 Å². The van der Waals surface area contributed by atoms with E-state index in [4.69, 9.17) is 0 Å². The minimum atomic E-state index is 0.668. The van der Waals surface area contributed by atoms with Crippen molar-refractivity contribution in [3.8, 4) is 0 Å². The van der Waals surface area contributed by atoms with E-state index in [1.54, 1.807) is 17.5 Å². The molecule has 0 spiro atoms. The van der Waals surface area contributed by atoms with E-state index in [-0.39, 0.29) is 0 Å². The topological polar surface area (TPSA) is 45.8 Å². The Morgan fingerprint density at radius 1 is 1.50 bits per heavy atom. The van der Waals surface area contributed by atoms with Gasteiger partial charge < -0.3 is 0 Å². The Morgan fingerprint density at radius 2 is 2.43 bits per heavy atom. The Labute approximate surface area is 85.8 Å². The summed E-state index contributed by atoms with van der Waals surface area (Å²) in [6.45, 7) is 0. The molecule has 0 fully saturated rings. The van der Waals surface area contributed by atoms with Crippen LogP contribution in [0, 0.1) is 0 Å². The number of carbonyl (C=O) groups is 1. The molecule has 0 unspecified atom stereocenters. The second-order valence-electron chi connectivity index (χ2n) is 3.00. The Kier molecular flexibility index (Phi) is 2.74. The molecule has 4 heteroatoms. The van der Waals surface area contributed by atoms with Crippen molar-refractivity contribution in [3.63, 3.8) is 0 Å². The number of carbonyl (C=O) groups excluding carboxylic acids is 1. The summed E-state index contributed by atoms with van der Waals surface area (Å²) in [5.41, 5.74) is 1.59. The van der Waals surface area contributed by atoms with E-state index in [2.05, 4.69) is 21.6 Å². The van der Waals surface area contributed by atoms with Crippen LogP contribution in [0.1, 0.15) is 20.9 Å². The highest BCUT2D eigenvalue weighted by molar-refractivity contribution is 7.09. The third-order valence-electron chi connectivity index (χ3n) is 2.08. The molecule has 2 heterocycles. The van der Waals surface area contributed by atoms with Gasteiger partial charge in [0, 0.05) is 10.6 Å². The van der Waals surface area contributed by atoms with Gasteiger partial charge in [-0.15, -0.1) is 11.3 Å². The van der Waals surface area contributed by atoms with Crippen LogP contribution in [0.3, 0.4) is 0 Å². The monoisotopic (exact) mass is 206 g/mol. The van der Waals surface area contributed by atoms with Crippen molar-refractivity contribution >= 4 is 17.6 Å². The molecule has 0 aliphatic heterocycles. The number of aromatic nitrogens is 2. The number of hydrogen-bond acceptors (Lipinski definition) is 3. The fraction of sp³-hybridized carbons (Fsp3) is 0.200. The van der Waals surface area contributed by atoms with Gasteiger partial charge in [-0.1, -0.05) is 6.07 Å². The van der Waals surface area contributed by atoms with E-state index >= 15 is 0 Å². The normalized spacial score (nSPS) is 10.3. The number of aromatic amines is 1. The van der Waals surface area contributed by atoms with E-state index in [1.165, 1.54) is 4.88 Å². The van der Waals surface area contributed by atoms with Gasteiger partial charge >= 0.3 is 0 Å². The molecule has 72 valence electrons. The van der Waals surface area contributed by atoms with Crippen LogP contribution in [0.2, 0.25) is 0 Å². The third kappa shape index (κ3) is 1.90. The Bertz CT molecular complexity index is 405. The Hall–Kier alpha value is -1.42. The van der Waals surface area contributed by atoms with Gasteiger partial charge in [0.2, 0.25) is 0 Å². The molecular formula is C10H10N2OS. The number of aldehydes is 1. The maximum atomic E-state index is 10.6. The van der Waals surface area contributed by atoms with E-state index in [1.807, 2.05) is 6.07 Å². The first-order chi connectivity index (χ1) is 6.90. The van der Waals surface area contributed by atoms with E-state index < -0.39 is 0 Å². The molecule has 0 saturated heterocycles. The minimum Gasteiger partial charge on any atom is -0.298 e. The molecule has 0 aromatic carbocycles. The van der Waals surface area contributed by atoms with Gasteiger partial charge in [-0.2, -0.15) is 5.10 Å². The summed E-state index contributed by atoms with van der Waals surface area (Å²) in [5, 5.41) is 8.74. The molecule has 0 bridgehead atoms. The van der Waals surface area contributed by atoms with Crippen molar-refractivity contribution in [1.29, 1.82) is 0 Å². The van der Waals surface area contributed by atoms with Gasteiger partial charge in [0.1, 0.15) is 0 Å². The summed E-state index contributed by atoms with van der Waals surface area (Å²) in [6, 6.07) is 4.13. The zero-order valence-corrected chi connectivity index (χ0v) is 8.38. The molecule has 2 aromatic rings. The molecule has 0 amide bonds. The van der Waals surface area contributed by atoms with E-state index in [0.29, 0.717) is 5.56 Å². The number of rotatable bonds is 4. The molecule has 14 heavy (non-hydrogen) atoms. The summed E-state index contributed by atoms with van der Waals surface area (Å²) in [7, 11) is 0. The number of thiophene rings is 1. The summed E-state index contributed by atoms with van der Waals surface area (Å²) in [6.07, 6.45) is 4.21. The zero-order valence-electron chi connectivity index (χ0n) is 7.56. The highest BCUT2D eigenvalue weighted by Gasteiger charge is 2.04. The Balaban J connectivity index is 2.01. The molecule has 0 aliphatic rings. The van der Waals surface area contributed by atoms with Crippen LogP contribution in [0.5, 0.6) is 0 Å². The van der Waals surface area contributed by atoms with Gasteiger partial charge in [0.05, 0.1) is 11.8 Å². The smallest absolute Gasteiger partial charge is 0.153 e. The number of aryl methyl sites for hydroxylation is 2. The van der Waals surface area contributed by atoms with Crippen molar-refractivity contribution in [3.05, 3.63) is 39.8 Å². The third-order valence-corrected chi connectivity index (χ3v) is 3.02. The molecule has 1 N–H and O–H groups in total. The number of hydrogen-bond donors (Lipinski definition) is 1. The fourth-order valence-corrected chi connectivity index (χ4v) is 2.04. The van der Waals surface area contributed by atoms with Gasteiger partial charge in [0.25, 0.3) is 0 Å². The molecule has 3 nitrogen and oxygen atoms in total. The maximum Gasteiger partial charge on any atom is 0.153 e. The predicted molar refractivity (Wildman–Crippen MR) is 55.7 cm³/mol. The summed E-state index contributed by atoms with van der Waals surface area (Å²) in [4.78, 5) is 11.9. The second kappa shape index (κ2) is 4.19. The van der Waals surface area contributed by atoms with Gasteiger partial charge in [-0.25, -0.2) is 0 Å². The Morgan fingerprint density at radius 3 is 3.14 bits per heavy atom. The van der Waals surface area contributed by atoms with Crippen LogP contribution in [-0.4, -0.2) is 16.5 Å². The summed E-state index contributed by atoms with van der Waals surface area (Å²) >= 11 is 1.74. The summed E-state index contributed by atoms with van der Waals surface area (Å²) < 4.78 is 0. The lowest BCUT2D eigenvalue weighted by molar-refractivity contribution is 0.112. The average molecular weight is 206 g/mol. The second-order valence-corrected chi connectivity index (χ2v) is 4.03. The van der Waals surface area contributed by atoms with Crippen molar-refractivity contribution in [1.82, 2.24) is 10.2 Å². The standard InChI is InChI=1S/C10H10N2OS/c13-7-8-6-11-12-10(8)4-3-9-2-1-5-14-9/h1-2,5-7H,3-4H2,(H,11,12). The van der Waals surface area contributed by atoms with Crippen molar-refractivity contribution in [2.24, 2.45) is 0 Å². The fourth-order valence-electron chi connectivity index (χ4n) is 1.33. The number of nitrogens with zero attached hydrogens (tertiary/aromatic N) is 1. The average Bonchev–Trinajstić information content (AvgIpc) is 2.85. The minimum absolute atomic E-state index is 0.668. The molecule has 0 radical (unpaired) electrons. The van der Waals surface area contributed by atoms with Crippen LogP contribution in [0.4, 0.5) is 0 Å². The summed E-state index contributed by atoms with van der Waals surface area (Å²) in [5.74, 6) is 0. The van der Waals surface area contributed by atoms with Crippen LogP contribution < -0.4 is 0 Å². The predicted octanol–water partition coefficient (Wildman–Crippen LogP) is 2.07. The van der Waals surface area contributed by atoms with Gasteiger partial charge in [-0.05, 0) is 24.3 Å². The molecular weight excluding hydrogens is 196 g/mol. The number of H-pyrrole nitrogens is 1. The SMILES string of the molecule is O=Cc1cn[nH]c1CCc1cccs1. The molecule has 2 aromatic heterocycles. The lowest BCUT2D eigenvalue weighted by Crippen LogP contribution is -1.93. The largest absolute Gasteiger partial charge is 0.298 e. The van der Waals surface area contributed by atoms with Gasteiger partial charge in [-0.3, -0.25) is 9.89 Å². The highest BCUT2D eigenvalue weighted by atomic mass is 32.1. The maximum absolute atomic E-state index is 10.6. The van der Waals surface area contributed by atoms with E-state index in [0.717, 1.165) is 24.8 Å². The van der Waals surface area contributed by atoms with Crippen LogP contribution in [0.15, 0.2) is 23.7 Å². The quantitative estimate of drug-likeness (QED) is 0.778. The van der Waals surface area contributed by atoms with Crippen molar-refractivity contribution in [2.75, 3.05) is 0 Å². The van der Waals surface area contributed by atoms with Crippen molar-refractivity contribution in [2.45, 2.75) is 12.8 Å². The first-order valence-electron chi connectivity index (χ1n) is 4.40. The first-order valence-corrected chi connectivity index (χ1v) is 5.28. The first kappa shape index (κ1) is 9.15. The van der Waals surface area contributed by atoms with Crippen LogP contribution in [0.25, 0.3) is 0 Å². The molecule has 2 rings (SSSR count). The van der Waals surface area contributed by atoms with E-state index in [9.17, 15) is 4.79 Å². The van der Waals surface area contributed by atoms with Crippen LogP contribution in [-0.2, 0) is 12.8 Å². The zero-order chi connectivity index (χ0) is 9.80. The van der Waals surface area contributed by atoms with Gasteiger partial charge in [0.15, 0.2) is 6.29 Å². The molecule has 0 aliphatic carbocycles. The molecule has 0 saturated carbocycles.